The number of aliphatic hydroxyl groups is 8. The lowest BCUT2D eigenvalue weighted by Crippen LogP contribution is -2.61. The van der Waals surface area contributed by atoms with Crippen molar-refractivity contribution in [3.63, 3.8) is 0 Å². The summed E-state index contributed by atoms with van der Waals surface area (Å²) in [6.07, 6.45) is 5.21. The third kappa shape index (κ3) is 15.1. The minimum atomic E-state index is -1.73. The van der Waals surface area contributed by atoms with E-state index in [-0.39, 0.29) is 13.0 Å². The molecule has 0 aliphatic carbocycles. The average molecular weight is 677 g/mol. The van der Waals surface area contributed by atoms with Crippen molar-refractivity contribution in [2.24, 2.45) is 0 Å². The zero-order valence-electron chi connectivity index (χ0n) is 27.2. The molecule has 47 heavy (non-hydrogen) atoms. The molecule has 11 atom stereocenters. The van der Waals surface area contributed by atoms with Crippen LogP contribution in [-0.2, 0) is 28.5 Å². The van der Waals surface area contributed by atoms with Crippen LogP contribution >= 0.6 is 0 Å². The van der Waals surface area contributed by atoms with Gasteiger partial charge in [0.25, 0.3) is 0 Å². The van der Waals surface area contributed by atoms with Gasteiger partial charge >= 0.3 is 5.97 Å². The number of carbonyl (C=O) groups excluding carboxylic acids is 1. The molecule has 0 aromatic rings. The first-order valence-electron chi connectivity index (χ1n) is 16.6. The van der Waals surface area contributed by atoms with E-state index in [1.54, 1.807) is 0 Å². The van der Waals surface area contributed by atoms with Crippen molar-refractivity contribution in [2.45, 2.75) is 139 Å². The molecule has 8 N–H and O–H groups in total. The van der Waals surface area contributed by atoms with Gasteiger partial charge in [-0.3, -0.25) is 4.79 Å². The summed E-state index contributed by atoms with van der Waals surface area (Å²) in [4.78, 5) is 12.1. The van der Waals surface area contributed by atoms with Gasteiger partial charge in [0.1, 0.15) is 61.5 Å². The Morgan fingerprint density at radius 3 is 1.89 bits per heavy atom. The summed E-state index contributed by atoms with van der Waals surface area (Å²) in [5, 5.41) is 80.3. The van der Waals surface area contributed by atoms with Crippen LogP contribution in [0.2, 0.25) is 0 Å². The minimum absolute atomic E-state index is 0.220. The van der Waals surface area contributed by atoms with Crippen LogP contribution in [0, 0.1) is 0 Å². The van der Waals surface area contributed by atoms with Gasteiger partial charge in [0.2, 0.25) is 0 Å². The number of carbonyl (C=O) groups is 1. The molecule has 2 fully saturated rings. The third-order valence-corrected chi connectivity index (χ3v) is 7.86. The molecule has 272 valence electrons. The van der Waals surface area contributed by atoms with Gasteiger partial charge in [-0.25, -0.2) is 0 Å². The molecule has 2 aliphatic heterocycles. The number of rotatable bonds is 22. The topological polar surface area (TPSA) is 225 Å². The maximum atomic E-state index is 12.1. The van der Waals surface area contributed by atoms with Gasteiger partial charge in [-0.1, -0.05) is 62.6 Å². The summed E-state index contributed by atoms with van der Waals surface area (Å²) in [6, 6.07) is 0. The Morgan fingerprint density at radius 1 is 0.681 bits per heavy atom. The molecule has 14 nitrogen and oxygen atoms in total. The predicted octanol–water partition coefficient (Wildman–Crippen LogP) is 0.121. The summed E-state index contributed by atoms with van der Waals surface area (Å²) >= 11 is 0. The molecule has 2 saturated heterocycles. The Labute approximate surface area is 276 Å². The Balaban J connectivity index is 1.59. The molecule has 2 rings (SSSR count). The molecule has 0 aromatic carbocycles. The standard InChI is InChI=1S/C33H56O14/c1-2-3-4-5-6-7-8-9-10-11-12-13-14-15-16-17-25(36)43-19-22(35)20-44-32-31(42)29(40)27(38)24(47-32)21-45-33-30(41)28(39)26(37)23(18-34)46-33/h3-4,6-7,9-10,22-24,26-35,37-42H,2,5,8,11-21H2,1H3. The van der Waals surface area contributed by atoms with Crippen molar-refractivity contribution in [3.8, 4) is 0 Å². The van der Waals surface area contributed by atoms with Gasteiger partial charge in [0.05, 0.1) is 19.8 Å². The van der Waals surface area contributed by atoms with Gasteiger partial charge in [-0.2, -0.15) is 0 Å². The van der Waals surface area contributed by atoms with Crippen LogP contribution in [0.5, 0.6) is 0 Å². The lowest BCUT2D eigenvalue weighted by molar-refractivity contribution is -0.332. The van der Waals surface area contributed by atoms with Crippen molar-refractivity contribution in [2.75, 3.05) is 26.4 Å². The monoisotopic (exact) mass is 676 g/mol. The van der Waals surface area contributed by atoms with Crippen LogP contribution in [0.1, 0.15) is 71.1 Å². The predicted molar refractivity (Wildman–Crippen MR) is 169 cm³/mol. The highest BCUT2D eigenvalue weighted by Gasteiger charge is 2.47. The van der Waals surface area contributed by atoms with Crippen molar-refractivity contribution < 1.29 is 69.3 Å². The first kappa shape index (κ1) is 41.4. The Kier molecular flexibility index (Phi) is 20.7. The summed E-state index contributed by atoms with van der Waals surface area (Å²) in [5.41, 5.74) is 0. The molecule has 0 bridgehead atoms. The van der Waals surface area contributed by atoms with Gasteiger partial charge < -0.3 is 64.5 Å². The Bertz CT molecular complexity index is 927. The van der Waals surface area contributed by atoms with Crippen LogP contribution < -0.4 is 0 Å². The van der Waals surface area contributed by atoms with E-state index in [9.17, 15) is 45.6 Å². The number of ether oxygens (including phenoxy) is 5. The second-order valence-electron chi connectivity index (χ2n) is 11.8. The van der Waals surface area contributed by atoms with Gasteiger partial charge in [0, 0.05) is 6.42 Å². The van der Waals surface area contributed by atoms with E-state index in [1.807, 2.05) is 0 Å². The molecule has 0 aromatic heterocycles. The number of aliphatic hydroxyl groups excluding tert-OH is 8. The smallest absolute Gasteiger partial charge is 0.305 e. The normalized spacial score (nSPS) is 32.4. The van der Waals surface area contributed by atoms with Crippen LogP contribution in [0.3, 0.4) is 0 Å². The molecule has 0 radical (unpaired) electrons. The average Bonchev–Trinajstić information content (AvgIpc) is 3.06. The van der Waals surface area contributed by atoms with E-state index in [0.717, 1.165) is 51.4 Å². The molecule has 0 amide bonds. The molecule has 2 heterocycles. The largest absolute Gasteiger partial charge is 0.463 e. The lowest BCUT2D eigenvalue weighted by atomic mass is 9.98. The van der Waals surface area contributed by atoms with Crippen LogP contribution in [-0.4, -0.2) is 141 Å². The van der Waals surface area contributed by atoms with E-state index in [4.69, 9.17) is 23.7 Å². The second kappa shape index (κ2) is 23.5. The van der Waals surface area contributed by atoms with Crippen molar-refractivity contribution in [3.05, 3.63) is 36.5 Å². The molecular weight excluding hydrogens is 620 g/mol. The quantitative estimate of drug-likeness (QED) is 0.0433. The van der Waals surface area contributed by atoms with Crippen LogP contribution in [0.4, 0.5) is 0 Å². The first-order valence-corrected chi connectivity index (χ1v) is 16.6. The summed E-state index contributed by atoms with van der Waals surface area (Å²) < 4.78 is 26.6. The zero-order chi connectivity index (χ0) is 34.6. The number of unbranched alkanes of at least 4 members (excludes halogenated alkanes) is 5. The van der Waals surface area contributed by atoms with Crippen molar-refractivity contribution >= 4 is 5.97 Å². The van der Waals surface area contributed by atoms with Gasteiger partial charge in [-0.15, -0.1) is 0 Å². The number of allylic oxidation sites excluding steroid dienone is 6. The summed E-state index contributed by atoms with van der Waals surface area (Å²) in [6.45, 7) is 0.155. The third-order valence-electron chi connectivity index (χ3n) is 7.86. The molecule has 0 spiro atoms. The summed E-state index contributed by atoms with van der Waals surface area (Å²) in [7, 11) is 0. The number of hydrogen-bond donors (Lipinski definition) is 8. The van der Waals surface area contributed by atoms with E-state index in [0.29, 0.717) is 6.42 Å². The molecule has 11 unspecified atom stereocenters. The van der Waals surface area contributed by atoms with Crippen molar-refractivity contribution in [1.29, 1.82) is 0 Å². The molecule has 2 aliphatic rings. The SMILES string of the molecule is CCC=CCC=CCC=CCCCCCCCC(=O)OCC(O)COC1OC(COC2OC(CO)C(O)C(O)C2O)C(O)C(O)C1O. The fraction of sp³-hybridized carbons (Fsp3) is 0.788. The van der Waals surface area contributed by atoms with Crippen LogP contribution in [0.25, 0.3) is 0 Å². The minimum Gasteiger partial charge on any atom is -0.463 e. The highest BCUT2D eigenvalue weighted by molar-refractivity contribution is 5.69. The molecular formula is C33H56O14. The van der Waals surface area contributed by atoms with Gasteiger partial charge in [-0.05, 0) is 38.5 Å². The number of esters is 1. The van der Waals surface area contributed by atoms with Crippen LogP contribution in [0.15, 0.2) is 36.5 Å². The second-order valence-corrected chi connectivity index (χ2v) is 11.8. The maximum absolute atomic E-state index is 12.1. The fourth-order valence-electron chi connectivity index (χ4n) is 4.99. The maximum Gasteiger partial charge on any atom is 0.305 e. The Morgan fingerprint density at radius 2 is 1.23 bits per heavy atom. The molecule has 0 saturated carbocycles. The van der Waals surface area contributed by atoms with E-state index in [2.05, 4.69) is 43.4 Å². The highest BCUT2D eigenvalue weighted by atomic mass is 16.7. The van der Waals surface area contributed by atoms with Crippen molar-refractivity contribution in [1.82, 2.24) is 0 Å². The summed E-state index contributed by atoms with van der Waals surface area (Å²) in [5.74, 6) is -0.455. The van der Waals surface area contributed by atoms with E-state index >= 15 is 0 Å². The lowest BCUT2D eigenvalue weighted by Gasteiger charge is -2.42. The van der Waals surface area contributed by atoms with E-state index in [1.165, 1.54) is 0 Å². The molecule has 14 heteroatoms. The Hall–Kier alpha value is -1.79. The fourth-order valence-corrected chi connectivity index (χ4v) is 4.99. The van der Waals surface area contributed by atoms with E-state index < -0.39 is 93.3 Å². The van der Waals surface area contributed by atoms with Gasteiger partial charge in [0.15, 0.2) is 12.6 Å². The highest BCUT2D eigenvalue weighted by Crippen LogP contribution is 2.26. The first-order chi connectivity index (χ1) is 22.6. The zero-order valence-corrected chi connectivity index (χ0v) is 27.2. The number of hydrogen-bond acceptors (Lipinski definition) is 14.